The van der Waals surface area contributed by atoms with Crippen LogP contribution in [0.15, 0.2) is 48.5 Å². The minimum Gasteiger partial charge on any atom is -0.508 e. The van der Waals surface area contributed by atoms with Crippen molar-refractivity contribution < 1.29 is 14.7 Å². The summed E-state index contributed by atoms with van der Waals surface area (Å²) in [4.78, 5) is 23.5. The van der Waals surface area contributed by atoms with E-state index in [0.717, 1.165) is 3.57 Å². The molecule has 6 heteroatoms. The van der Waals surface area contributed by atoms with Gasteiger partial charge in [-0.05, 0) is 65.1 Å². The molecular formula is C14H11IN2O3. The molecular weight excluding hydrogens is 371 g/mol. The van der Waals surface area contributed by atoms with Gasteiger partial charge in [-0.1, -0.05) is 6.07 Å². The number of carbonyl (C=O) groups is 2. The SMILES string of the molecule is O=C(NNC(=O)c1cccc(O)c1)c1ccc(I)cc1. The maximum Gasteiger partial charge on any atom is 0.269 e. The first-order valence-corrected chi connectivity index (χ1v) is 6.79. The molecule has 0 aliphatic heterocycles. The van der Waals surface area contributed by atoms with Crippen LogP contribution in [-0.4, -0.2) is 16.9 Å². The molecule has 0 heterocycles. The Morgan fingerprint density at radius 2 is 1.50 bits per heavy atom. The van der Waals surface area contributed by atoms with Gasteiger partial charge < -0.3 is 5.11 Å². The van der Waals surface area contributed by atoms with E-state index in [1.165, 1.54) is 18.2 Å². The lowest BCUT2D eigenvalue weighted by Gasteiger charge is -2.07. The Morgan fingerprint density at radius 3 is 2.10 bits per heavy atom. The predicted molar refractivity (Wildman–Crippen MR) is 82.2 cm³/mol. The topological polar surface area (TPSA) is 78.4 Å². The maximum atomic E-state index is 11.8. The second-order valence-electron chi connectivity index (χ2n) is 3.97. The van der Waals surface area contributed by atoms with Crippen LogP contribution in [0.5, 0.6) is 5.75 Å². The molecule has 2 amide bonds. The molecule has 0 fully saturated rings. The quantitative estimate of drug-likeness (QED) is 0.550. The fourth-order valence-electron chi connectivity index (χ4n) is 1.51. The molecule has 0 atom stereocenters. The molecule has 3 N–H and O–H groups in total. The summed E-state index contributed by atoms with van der Waals surface area (Å²) in [6, 6.07) is 12.8. The molecule has 0 saturated carbocycles. The molecule has 0 aliphatic carbocycles. The summed E-state index contributed by atoms with van der Waals surface area (Å²) in [7, 11) is 0. The van der Waals surface area contributed by atoms with Crippen molar-refractivity contribution in [1.82, 2.24) is 10.9 Å². The highest BCUT2D eigenvalue weighted by molar-refractivity contribution is 14.1. The molecule has 0 bridgehead atoms. The third-order valence-corrected chi connectivity index (χ3v) is 3.22. The van der Waals surface area contributed by atoms with Crippen LogP contribution in [-0.2, 0) is 0 Å². The third kappa shape index (κ3) is 3.70. The van der Waals surface area contributed by atoms with E-state index in [2.05, 4.69) is 33.4 Å². The van der Waals surface area contributed by atoms with Gasteiger partial charge in [0.2, 0.25) is 0 Å². The molecule has 0 aliphatic rings. The zero-order chi connectivity index (χ0) is 14.5. The summed E-state index contributed by atoms with van der Waals surface area (Å²) >= 11 is 2.14. The normalized spacial score (nSPS) is 9.85. The standard InChI is InChI=1S/C14H11IN2O3/c15-11-6-4-9(5-7-11)13(19)16-17-14(20)10-2-1-3-12(18)8-10/h1-8,18H,(H,16,19)(H,17,20). The van der Waals surface area contributed by atoms with Gasteiger partial charge in [0.15, 0.2) is 0 Å². The fraction of sp³-hybridized carbons (Fsp3) is 0. The second kappa shape index (κ2) is 6.38. The lowest BCUT2D eigenvalue weighted by atomic mass is 10.2. The number of rotatable bonds is 2. The van der Waals surface area contributed by atoms with Gasteiger partial charge in [-0.3, -0.25) is 20.4 Å². The molecule has 2 aromatic rings. The number of hydrazine groups is 1. The van der Waals surface area contributed by atoms with E-state index in [4.69, 9.17) is 0 Å². The predicted octanol–water partition coefficient (Wildman–Crippen LogP) is 2.07. The average molecular weight is 382 g/mol. The van der Waals surface area contributed by atoms with Crippen molar-refractivity contribution in [1.29, 1.82) is 0 Å². The summed E-state index contributed by atoms with van der Waals surface area (Å²) < 4.78 is 1.02. The zero-order valence-electron chi connectivity index (χ0n) is 10.3. The highest BCUT2D eigenvalue weighted by atomic mass is 127. The number of benzene rings is 2. The number of halogens is 1. The summed E-state index contributed by atoms with van der Waals surface area (Å²) in [5, 5.41) is 9.28. The van der Waals surface area contributed by atoms with Crippen LogP contribution in [0.4, 0.5) is 0 Å². The number of carbonyl (C=O) groups excluding carboxylic acids is 2. The molecule has 2 rings (SSSR count). The lowest BCUT2D eigenvalue weighted by Crippen LogP contribution is -2.41. The molecule has 102 valence electrons. The van der Waals surface area contributed by atoms with Crippen molar-refractivity contribution in [3.05, 3.63) is 63.2 Å². The van der Waals surface area contributed by atoms with Gasteiger partial charge in [-0.2, -0.15) is 0 Å². The smallest absolute Gasteiger partial charge is 0.269 e. The van der Waals surface area contributed by atoms with Gasteiger partial charge in [0.1, 0.15) is 5.75 Å². The van der Waals surface area contributed by atoms with E-state index in [1.54, 1.807) is 30.3 Å². The number of phenolic OH excluding ortho intramolecular Hbond substituents is 1. The number of amides is 2. The van der Waals surface area contributed by atoms with Gasteiger partial charge in [-0.25, -0.2) is 0 Å². The van der Waals surface area contributed by atoms with Crippen LogP contribution in [0.1, 0.15) is 20.7 Å². The van der Waals surface area contributed by atoms with Crippen molar-refractivity contribution in [2.24, 2.45) is 0 Å². The first-order valence-electron chi connectivity index (χ1n) is 5.71. The minimum absolute atomic E-state index is 0.0124. The first-order chi connectivity index (χ1) is 9.56. The maximum absolute atomic E-state index is 11.8. The molecule has 2 aromatic carbocycles. The van der Waals surface area contributed by atoms with Crippen molar-refractivity contribution in [3.8, 4) is 5.75 Å². The van der Waals surface area contributed by atoms with E-state index in [9.17, 15) is 14.7 Å². The van der Waals surface area contributed by atoms with Crippen LogP contribution >= 0.6 is 22.6 Å². The summed E-state index contributed by atoms with van der Waals surface area (Å²) in [5.41, 5.74) is 5.30. The van der Waals surface area contributed by atoms with Crippen molar-refractivity contribution >= 4 is 34.4 Å². The van der Waals surface area contributed by atoms with Gasteiger partial charge in [0.05, 0.1) is 0 Å². The van der Waals surface area contributed by atoms with Gasteiger partial charge in [0, 0.05) is 14.7 Å². The van der Waals surface area contributed by atoms with Crippen molar-refractivity contribution in [2.45, 2.75) is 0 Å². The Hall–Kier alpha value is -2.09. The third-order valence-electron chi connectivity index (χ3n) is 2.50. The minimum atomic E-state index is -0.500. The van der Waals surface area contributed by atoms with Gasteiger partial charge in [-0.15, -0.1) is 0 Å². The summed E-state index contributed by atoms with van der Waals surface area (Å²) in [5.74, 6) is -0.920. The summed E-state index contributed by atoms with van der Waals surface area (Å²) in [6.07, 6.45) is 0. The first kappa shape index (κ1) is 14.3. The van der Waals surface area contributed by atoms with Crippen LogP contribution in [0.2, 0.25) is 0 Å². The Morgan fingerprint density at radius 1 is 0.900 bits per heavy atom. The molecule has 0 unspecified atom stereocenters. The van der Waals surface area contributed by atoms with Crippen LogP contribution < -0.4 is 10.9 Å². The molecule has 0 radical (unpaired) electrons. The average Bonchev–Trinajstić information content (AvgIpc) is 2.45. The van der Waals surface area contributed by atoms with Crippen LogP contribution in [0.25, 0.3) is 0 Å². The molecule has 5 nitrogen and oxygen atoms in total. The lowest BCUT2D eigenvalue weighted by molar-refractivity contribution is 0.0846. The fourth-order valence-corrected chi connectivity index (χ4v) is 1.87. The number of hydrogen-bond donors (Lipinski definition) is 3. The van der Waals surface area contributed by atoms with E-state index in [0.29, 0.717) is 5.56 Å². The highest BCUT2D eigenvalue weighted by Crippen LogP contribution is 2.10. The largest absolute Gasteiger partial charge is 0.508 e. The van der Waals surface area contributed by atoms with Gasteiger partial charge >= 0.3 is 0 Å². The van der Waals surface area contributed by atoms with Crippen LogP contribution in [0, 0.1) is 3.57 Å². The number of aromatic hydroxyl groups is 1. The Kier molecular flexibility index (Phi) is 4.57. The summed E-state index contributed by atoms with van der Waals surface area (Å²) in [6.45, 7) is 0. The van der Waals surface area contributed by atoms with Crippen molar-refractivity contribution in [3.63, 3.8) is 0 Å². The second-order valence-corrected chi connectivity index (χ2v) is 5.21. The Balaban J connectivity index is 1.96. The molecule has 0 aromatic heterocycles. The number of nitrogens with one attached hydrogen (secondary N) is 2. The molecule has 20 heavy (non-hydrogen) atoms. The van der Waals surface area contributed by atoms with E-state index in [-0.39, 0.29) is 11.3 Å². The van der Waals surface area contributed by atoms with Crippen LogP contribution in [0.3, 0.4) is 0 Å². The number of hydrogen-bond acceptors (Lipinski definition) is 3. The van der Waals surface area contributed by atoms with E-state index in [1.807, 2.05) is 0 Å². The Bertz CT molecular complexity index is 641. The monoisotopic (exact) mass is 382 g/mol. The van der Waals surface area contributed by atoms with Crippen molar-refractivity contribution in [2.75, 3.05) is 0 Å². The Labute approximate surface area is 129 Å². The molecule has 0 spiro atoms. The highest BCUT2D eigenvalue weighted by Gasteiger charge is 2.09. The van der Waals surface area contributed by atoms with E-state index < -0.39 is 11.8 Å². The number of phenols is 1. The van der Waals surface area contributed by atoms with Gasteiger partial charge in [0.25, 0.3) is 11.8 Å². The van der Waals surface area contributed by atoms with E-state index >= 15 is 0 Å². The zero-order valence-corrected chi connectivity index (χ0v) is 12.4. The molecule has 0 saturated heterocycles.